The van der Waals surface area contributed by atoms with Crippen molar-refractivity contribution in [3.63, 3.8) is 0 Å². The van der Waals surface area contributed by atoms with Gasteiger partial charge in [-0.05, 0) is 31.4 Å². The Morgan fingerprint density at radius 3 is 2.67 bits per heavy atom. The number of carboxylic acid groups (broad SMARTS) is 1. The van der Waals surface area contributed by atoms with E-state index in [9.17, 15) is 9.18 Å². The molecule has 0 bridgehead atoms. The first-order valence-electron chi connectivity index (χ1n) is 4.90. The maximum Gasteiger partial charge on any atom is 0.303 e. The molecule has 1 rings (SSSR count). The van der Waals surface area contributed by atoms with Gasteiger partial charge in [0, 0.05) is 6.42 Å². The van der Waals surface area contributed by atoms with Crippen LogP contribution in [0, 0.1) is 0 Å². The first-order chi connectivity index (χ1) is 6.89. The van der Waals surface area contributed by atoms with Crippen LogP contribution in [0.25, 0.3) is 0 Å². The molecule has 0 saturated carbocycles. The van der Waals surface area contributed by atoms with Gasteiger partial charge in [-0.25, -0.2) is 4.39 Å². The second-order valence-electron chi connectivity index (χ2n) is 4.07. The maximum atomic E-state index is 13.6. The number of aliphatic carboxylic acids is 1. The van der Waals surface area contributed by atoms with Gasteiger partial charge in [0.25, 0.3) is 0 Å². The number of aryl methyl sites for hydroxylation is 1. The van der Waals surface area contributed by atoms with Crippen LogP contribution in [0.1, 0.15) is 31.4 Å². The topological polar surface area (TPSA) is 37.3 Å². The van der Waals surface area contributed by atoms with Gasteiger partial charge >= 0.3 is 5.97 Å². The van der Waals surface area contributed by atoms with E-state index in [4.69, 9.17) is 5.11 Å². The molecule has 1 aromatic rings. The lowest BCUT2D eigenvalue weighted by Gasteiger charge is -2.15. The molecular formula is C12H15FO2. The third-order valence-corrected chi connectivity index (χ3v) is 2.24. The quantitative estimate of drug-likeness (QED) is 0.829. The summed E-state index contributed by atoms with van der Waals surface area (Å²) in [6.07, 6.45) is 0.523. The van der Waals surface area contributed by atoms with Crippen LogP contribution in [-0.4, -0.2) is 11.1 Å². The van der Waals surface area contributed by atoms with Crippen molar-refractivity contribution in [1.82, 2.24) is 0 Å². The highest BCUT2D eigenvalue weighted by molar-refractivity contribution is 5.67. The van der Waals surface area contributed by atoms with Gasteiger partial charge in [0.05, 0.1) is 0 Å². The lowest BCUT2D eigenvalue weighted by molar-refractivity contribution is -0.136. The Balaban J connectivity index is 2.79. The fraction of sp³-hybridized carbons (Fsp3) is 0.417. The molecule has 0 amide bonds. The van der Waals surface area contributed by atoms with Crippen molar-refractivity contribution in [1.29, 1.82) is 0 Å². The van der Waals surface area contributed by atoms with Gasteiger partial charge in [0.15, 0.2) is 0 Å². The number of carboxylic acids is 1. The lowest BCUT2D eigenvalue weighted by atomic mass is 9.97. The minimum absolute atomic E-state index is 0.0795. The Morgan fingerprint density at radius 2 is 2.13 bits per heavy atom. The summed E-state index contributed by atoms with van der Waals surface area (Å²) in [5, 5.41) is 8.53. The van der Waals surface area contributed by atoms with Crippen LogP contribution in [0.2, 0.25) is 0 Å². The van der Waals surface area contributed by atoms with Crippen molar-refractivity contribution in [3.05, 3.63) is 35.4 Å². The van der Waals surface area contributed by atoms with Crippen LogP contribution >= 0.6 is 0 Å². The fourth-order valence-electron chi connectivity index (χ4n) is 1.35. The summed E-state index contributed by atoms with van der Waals surface area (Å²) in [5.41, 5.74) is 0.0743. The molecule has 3 heteroatoms. The average molecular weight is 210 g/mol. The van der Waals surface area contributed by atoms with Crippen molar-refractivity contribution in [3.8, 4) is 0 Å². The third kappa shape index (κ3) is 3.70. The molecule has 0 heterocycles. The van der Waals surface area contributed by atoms with Crippen molar-refractivity contribution in [2.24, 2.45) is 0 Å². The number of carbonyl (C=O) groups is 1. The number of rotatable bonds is 4. The van der Waals surface area contributed by atoms with Crippen molar-refractivity contribution in [2.75, 3.05) is 0 Å². The van der Waals surface area contributed by atoms with Crippen LogP contribution in [0.3, 0.4) is 0 Å². The van der Waals surface area contributed by atoms with Gasteiger partial charge in [0.2, 0.25) is 0 Å². The predicted octanol–water partition coefficient (Wildman–Crippen LogP) is 2.91. The zero-order chi connectivity index (χ0) is 11.5. The van der Waals surface area contributed by atoms with Gasteiger partial charge in [0.1, 0.15) is 5.67 Å². The standard InChI is InChI=1S/C12H15FO2/c1-12(2,13)10-5-3-4-9(8-10)6-7-11(14)15/h3-5,8H,6-7H2,1-2H3,(H,14,15). The summed E-state index contributed by atoms with van der Waals surface area (Å²) in [5.74, 6) is -0.833. The average Bonchev–Trinajstić information content (AvgIpc) is 2.14. The molecule has 15 heavy (non-hydrogen) atoms. The second-order valence-corrected chi connectivity index (χ2v) is 4.07. The molecule has 0 aromatic heterocycles. The van der Waals surface area contributed by atoms with E-state index in [-0.39, 0.29) is 6.42 Å². The molecule has 0 spiro atoms. The van der Waals surface area contributed by atoms with E-state index in [1.165, 1.54) is 13.8 Å². The van der Waals surface area contributed by atoms with Crippen LogP contribution in [0.4, 0.5) is 4.39 Å². The lowest BCUT2D eigenvalue weighted by Crippen LogP contribution is -2.09. The smallest absolute Gasteiger partial charge is 0.303 e. The fourth-order valence-corrected chi connectivity index (χ4v) is 1.35. The highest BCUT2D eigenvalue weighted by Gasteiger charge is 2.18. The van der Waals surface area contributed by atoms with Crippen LogP contribution in [-0.2, 0) is 16.9 Å². The van der Waals surface area contributed by atoms with E-state index in [0.29, 0.717) is 12.0 Å². The second kappa shape index (κ2) is 4.43. The summed E-state index contributed by atoms with van der Waals surface area (Å²) in [7, 11) is 0. The number of halogens is 1. The summed E-state index contributed by atoms with van der Waals surface area (Å²) in [4.78, 5) is 10.4. The summed E-state index contributed by atoms with van der Waals surface area (Å²) < 4.78 is 13.6. The number of benzene rings is 1. The Bertz CT molecular complexity index is 353. The molecule has 82 valence electrons. The van der Waals surface area contributed by atoms with E-state index in [1.54, 1.807) is 18.2 Å². The molecule has 0 fully saturated rings. The molecule has 0 aliphatic rings. The molecule has 0 aliphatic carbocycles. The van der Waals surface area contributed by atoms with E-state index in [1.807, 2.05) is 6.07 Å². The minimum atomic E-state index is -1.38. The van der Waals surface area contributed by atoms with E-state index in [2.05, 4.69) is 0 Å². The van der Waals surface area contributed by atoms with Crippen LogP contribution in [0.5, 0.6) is 0 Å². The Kier molecular flexibility index (Phi) is 3.45. The van der Waals surface area contributed by atoms with Gasteiger partial charge in [-0.3, -0.25) is 4.79 Å². The highest BCUT2D eigenvalue weighted by Crippen LogP contribution is 2.25. The van der Waals surface area contributed by atoms with Crippen molar-refractivity contribution in [2.45, 2.75) is 32.4 Å². The summed E-state index contributed by atoms with van der Waals surface area (Å²) in [6, 6.07) is 7.01. The summed E-state index contributed by atoms with van der Waals surface area (Å²) >= 11 is 0. The number of alkyl halides is 1. The zero-order valence-electron chi connectivity index (χ0n) is 8.96. The molecule has 1 aromatic carbocycles. The highest BCUT2D eigenvalue weighted by atomic mass is 19.1. The van der Waals surface area contributed by atoms with Crippen LogP contribution < -0.4 is 0 Å². The molecule has 0 radical (unpaired) electrons. The Hall–Kier alpha value is -1.38. The first kappa shape index (κ1) is 11.7. The summed E-state index contributed by atoms with van der Waals surface area (Å²) in [6.45, 7) is 2.98. The number of hydrogen-bond donors (Lipinski definition) is 1. The van der Waals surface area contributed by atoms with Crippen molar-refractivity contribution < 1.29 is 14.3 Å². The van der Waals surface area contributed by atoms with Crippen molar-refractivity contribution >= 4 is 5.97 Å². The Labute approximate surface area is 88.7 Å². The van der Waals surface area contributed by atoms with E-state index in [0.717, 1.165) is 5.56 Å². The molecule has 0 aliphatic heterocycles. The molecular weight excluding hydrogens is 195 g/mol. The third-order valence-electron chi connectivity index (χ3n) is 2.24. The molecule has 0 unspecified atom stereocenters. The minimum Gasteiger partial charge on any atom is -0.481 e. The largest absolute Gasteiger partial charge is 0.481 e. The van der Waals surface area contributed by atoms with Gasteiger partial charge < -0.3 is 5.11 Å². The molecule has 0 saturated heterocycles. The molecule has 2 nitrogen and oxygen atoms in total. The molecule has 1 N–H and O–H groups in total. The number of hydrogen-bond acceptors (Lipinski definition) is 1. The van der Waals surface area contributed by atoms with Gasteiger partial charge in [-0.2, -0.15) is 0 Å². The SMILES string of the molecule is CC(C)(F)c1cccc(CCC(=O)O)c1. The normalized spacial score (nSPS) is 11.4. The maximum absolute atomic E-state index is 13.6. The monoisotopic (exact) mass is 210 g/mol. The van der Waals surface area contributed by atoms with Crippen LogP contribution in [0.15, 0.2) is 24.3 Å². The first-order valence-corrected chi connectivity index (χ1v) is 4.90. The molecule has 0 atom stereocenters. The predicted molar refractivity (Wildman–Crippen MR) is 56.5 cm³/mol. The zero-order valence-corrected chi connectivity index (χ0v) is 8.96. The van der Waals surface area contributed by atoms with Gasteiger partial charge in [-0.1, -0.05) is 24.3 Å². The van der Waals surface area contributed by atoms with E-state index >= 15 is 0 Å². The Morgan fingerprint density at radius 1 is 1.47 bits per heavy atom. The van der Waals surface area contributed by atoms with E-state index < -0.39 is 11.6 Å². The van der Waals surface area contributed by atoms with Gasteiger partial charge in [-0.15, -0.1) is 0 Å².